The average Bonchev–Trinajstić information content (AvgIpc) is 3.32. The van der Waals surface area contributed by atoms with E-state index in [1.807, 2.05) is 55.5 Å². The summed E-state index contributed by atoms with van der Waals surface area (Å²) in [6, 6.07) is 22.2. The summed E-state index contributed by atoms with van der Waals surface area (Å²) in [5.41, 5.74) is 3.51. The molecule has 0 radical (unpaired) electrons. The third kappa shape index (κ3) is 3.56. The van der Waals surface area contributed by atoms with Crippen LogP contribution >= 0.6 is 11.3 Å². The molecule has 3 amide bonds. The average molecular weight is 442 g/mol. The monoisotopic (exact) mass is 441 g/mol. The molecule has 6 nitrogen and oxygen atoms in total. The number of hydrogen-bond donors (Lipinski definition) is 0. The van der Waals surface area contributed by atoms with E-state index in [2.05, 4.69) is 4.98 Å². The lowest BCUT2D eigenvalue weighted by molar-refractivity contribution is -0.119. The minimum atomic E-state index is -0.446. The predicted octanol–water partition coefficient (Wildman–Crippen LogP) is 4.43. The number of rotatable bonds is 5. The molecule has 0 spiro atoms. The first-order valence-electron chi connectivity index (χ1n) is 10.2. The third-order valence-electron chi connectivity index (χ3n) is 5.42. The number of fused-ring (bicyclic) bond motifs is 2. The lowest BCUT2D eigenvalue weighted by atomic mass is 10.1. The summed E-state index contributed by atoms with van der Waals surface area (Å²) in [6.45, 7) is 1.96. The van der Waals surface area contributed by atoms with Gasteiger partial charge in [0.25, 0.3) is 11.8 Å². The summed E-state index contributed by atoms with van der Waals surface area (Å²) >= 11 is 1.42. The fourth-order valence-corrected chi connectivity index (χ4v) is 4.85. The quantitative estimate of drug-likeness (QED) is 0.430. The first-order chi connectivity index (χ1) is 15.5. The molecule has 3 aromatic carbocycles. The Bertz CT molecular complexity index is 1330. The van der Waals surface area contributed by atoms with Crippen molar-refractivity contribution < 1.29 is 14.4 Å². The van der Waals surface area contributed by atoms with E-state index in [-0.39, 0.29) is 12.5 Å². The van der Waals surface area contributed by atoms with Crippen molar-refractivity contribution >= 4 is 44.4 Å². The van der Waals surface area contributed by atoms with E-state index in [9.17, 15) is 14.4 Å². The molecular weight excluding hydrogens is 422 g/mol. The van der Waals surface area contributed by atoms with Gasteiger partial charge in [0, 0.05) is 0 Å². The summed E-state index contributed by atoms with van der Waals surface area (Å²) in [7, 11) is 0. The molecule has 0 fully saturated rings. The van der Waals surface area contributed by atoms with Gasteiger partial charge in [-0.05, 0) is 42.3 Å². The zero-order valence-corrected chi connectivity index (χ0v) is 18.1. The van der Waals surface area contributed by atoms with Crippen LogP contribution in [-0.4, -0.2) is 34.2 Å². The molecule has 5 rings (SSSR count). The zero-order valence-electron chi connectivity index (χ0n) is 17.3. The van der Waals surface area contributed by atoms with Crippen LogP contribution < -0.4 is 4.90 Å². The standard InChI is InChI=1S/C25H19N3O3S/c1-16-11-12-20-21(13-16)32-25(26-20)27(14-17-7-3-2-4-8-17)22(29)15-28-23(30)18-9-5-6-10-19(18)24(28)31/h2-13H,14-15H2,1H3. The molecule has 1 aromatic heterocycles. The van der Waals surface area contributed by atoms with Crippen LogP contribution in [0.15, 0.2) is 72.8 Å². The Morgan fingerprint density at radius 2 is 1.59 bits per heavy atom. The highest BCUT2D eigenvalue weighted by atomic mass is 32.1. The Kier molecular flexibility index (Phi) is 5.03. The molecule has 0 aliphatic carbocycles. The number of benzene rings is 3. The molecule has 0 bridgehead atoms. The fraction of sp³-hybridized carbons (Fsp3) is 0.120. The van der Waals surface area contributed by atoms with Crippen LogP contribution in [0.2, 0.25) is 0 Å². The van der Waals surface area contributed by atoms with Crippen LogP contribution in [0.25, 0.3) is 10.2 Å². The minimum Gasteiger partial charge on any atom is -0.282 e. The number of aromatic nitrogens is 1. The van der Waals surface area contributed by atoms with E-state index < -0.39 is 11.8 Å². The van der Waals surface area contributed by atoms with Gasteiger partial charge in [-0.15, -0.1) is 0 Å². The van der Waals surface area contributed by atoms with E-state index in [0.717, 1.165) is 26.2 Å². The van der Waals surface area contributed by atoms with Crippen LogP contribution in [0.3, 0.4) is 0 Å². The number of anilines is 1. The Hall–Kier alpha value is -3.84. The molecule has 1 aliphatic rings. The van der Waals surface area contributed by atoms with E-state index in [0.29, 0.717) is 22.8 Å². The maximum Gasteiger partial charge on any atom is 0.262 e. The molecule has 4 aromatic rings. The zero-order chi connectivity index (χ0) is 22.2. The molecule has 0 atom stereocenters. The summed E-state index contributed by atoms with van der Waals surface area (Å²) in [6.07, 6.45) is 0. The highest BCUT2D eigenvalue weighted by molar-refractivity contribution is 7.22. The van der Waals surface area contributed by atoms with Gasteiger partial charge in [-0.25, -0.2) is 4.98 Å². The molecule has 32 heavy (non-hydrogen) atoms. The van der Waals surface area contributed by atoms with Crippen LogP contribution in [0.5, 0.6) is 0 Å². The van der Waals surface area contributed by atoms with Crippen LogP contribution in [0, 0.1) is 6.92 Å². The van der Waals surface area contributed by atoms with Crippen molar-refractivity contribution in [2.24, 2.45) is 0 Å². The summed E-state index contributed by atoms with van der Waals surface area (Å²) < 4.78 is 0.978. The van der Waals surface area contributed by atoms with Gasteiger partial charge in [-0.1, -0.05) is 59.9 Å². The second-order valence-corrected chi connectivity index (χ2v) is 8.68. The molecule has 158 valence electrons. The number of imide groups is 1. The molecule has 7 heteroatoms. The highest BCUT2D eigenvalue weighted by Gasteiger charge is 2.37. The Morgan fingerprint density at radius 3 is 2.28 bits per heavy atom. The Labute approximate surface area is 188 Å². The van der Waals surface area contributed by atoms with Gasteiger partial charge in [0.05, 0.1) is 27.9 Å². The van der Waals surface area contributed by atoms with Gasteiger partial charge < -0.3 is 0 Å². The largest absolute Gasteiger partial charge is 0.282 e. The van der Waals surface area contributed by atoms with Crippen molar-refractivity contribution in [1.29, 1.82) is 0 Å². The van der Waals surface area contributed by atoms with Crippen molar-refractivity contribution in [3.63, 3.8) is 0 Å². The lowest BCUT2D eigenvalue weighted by Gasteiger charge is -2.22. The number of amides is 3. The number of carbonyl (C=O) groups excluding carboxylic acids is 3. The number of nitrogens with zero attached hydrogens (tertiary/aromatic N) is 3. The second-order valence-electron chi connectivity index (χ2n) is 7.68. The molecule has 0 saturated carbocycles. The second kappa shape index (κ2) is 8.01. The van der Waals surface area contributed by atoms with E-state index in [1.165, 1.54) is 11.3 Å². The van der Waals surface area contributed by atoms with Crippen molar-refractivity contribution in [2.45, 2.75) is 13.5 Å². The normalized spacial score (nSPS) is 13.0. The van der Waals surface area contributed by atoms with E-state index in [1.54, 1.807) is 29.2 Å². The minimum absolute atomic E-state index is 0.293. The van der Waals surface area contributed by atoms with Gasteiger partial charge >= 0.3 is 0 Å². The van der Waals surface area contributed by atoms with Gasteiger partial charge in [0.15, 0.2) is 5.13 Å². The number of hydrogen-bond acceptors (Lipinski definition) is 5. The van der Waals surface area contributed by atoms with Crippen molar-refractivity contribution in [2.75, 3.05) is 11.4 Å². The summed E-state index contributed by atoms with van der Waals surface area (Å²) in [4.78, 5) is 46.2. The van der Waals surface area contributed by atoms with Gasteiger partial charge in [0.2, 0.25) is 5.91 Å². The Balaban J connectivity index is 1.48. The van der Waals surface area contributed by atoms with Crippen LogP contribution in [0.1, 0.15) is 31.8 Å². The van der Waals surface area contributed by atoms with E-state index in [4.69, 9.17) is 0 Å². The first-order valence-corrected chi connectivity index (χ1v) is 11.0. The molecule has 0 unspecified atom stereocenters. The molecule has 0 N–H and O–H groups in total. The fourth-order valence-electron chi connectivity index (χ4n) is 3.77. The van der Waals surface area contributed by atoms with Crippen molar-refractivity contribution in [1.82, 2.24) is 9.88 Å². The molecular formula is C25H19N3O3S. The summed E-state index contributed by atoms with van der Waals surface area (Å²) in [5, 5.41) is 0.538. The SMILES string of the molecule is Cc1ccc2nc(N(Cc3ccccc3)C(=O)CN3C(=O)c4ccccc4C3=O)sc2c1. The van der Waals surface area contributed by atoms with Crippen molar-refractivity contribution in [3.05, 3.63) is 95.1 Å². The van der Waals surface area contributed by atoms with Crippen molar-refractivity contribution in [3.8, 4) is 0 Å². The maximum absolute atomic E-state index is 13.4. The summed E-state index contributed by atoms with van der Waals surface area (Å²) in [5.74, 6) is -1.25. The first kappa shape index (κ1) is 20.1. The van der Waals surface area contributed by atoms with Gasteiger partial charge in [0.1, 0.15) is 6.54 Å². The highest BCUT2D eigenvalue weighted by Crippen LogP contribution is 2.31. The van der Waals surface area contributed by atoms with Gasteiger partial charge in [-0.3, -0.25) is 24.2 Å². The molecule has 2 heterocycles. The van der Waals surface area contributed by atoms with Crippen LogP contribution in [-0.2, 0) is 11.3 Å². The molecule has 1 aliphatic heterocycles. The smallest absolute Gasteiger partial charge is 0.262 e. The van der Waals surface area contributed by atoms with Crippen LogP contribution in [0.4, 0.5) is 5.13 Å². The number of carbonyl (C=O) groups is 3. The maximum atomic E-state index is 13.4. The molecule has 0 saturated heterocycles. The lowest BCUT2D eigenvalue weighted by Crippen LogP contribution is -2.42. The topological polar surface area (TPSA) is 70.6 Å². The third-order valence-corrected chi connectivity index (χ3v) is 6.46. The Morgan fingerprint density at radius 1 is 0.938 bits per heavy atom. The van der Waals surface area contributed by atoms with Gasteiger partial charge in [-0.2, -0.15) is 0 Å². The number of aryl methyl sites for hydroxylation is 1. The number of thiazole rings is 1. The predicted molar refractivity (Wildman–Crippen MR) is 124 cm³/mol. The van der Waals surface area contributed by atoms with E-state index >= 15 is 0 Å².